The highest BCUT2D eigenvalue weighted by Gasteiger charge is 2.26. The van der Waals surface area contributed by atoms with E-state index in [1.807, 2.05) is 53.2 Å². The lowest BCUT2D eigenvalue weighted by Gasteiger charge is -2.14. The molecule has 1 aliphatic heterocycles. The quantitative estimate of drug-likeness (QED) is 0.588. The summed E-state index contributed by atoms with van der Waals surface area (Å²) in [6.45, 7) is 0.608. The van der Waals surface area contributed by atoms with E-state index in [0.717, 1.165) is 23.5 Å². The van der Waals surface area contributed by atoms with E-state index >= 15 is 0 Å². The van der Waals surface area contributed by atoms with Crippen LogP contribution in [-0.4, -0.2) is 31.8 Å². The van der Waals surface area contributed by atoms with Gasteiger partial charge in [0, 0.05) is 30.6 Å². The molecule has 5 rings (SSSR count). The number of fused-ring (bicyclic) bond motifs is 2. The zero-order chi connectivity index (χ0) is 17.5. The monoisotopic (exact) mass is 343 g/mol. The van der Waals surface area contributed by atoms with Crippen molar-refractivity contribution in [3.63, 3.8) is 0 Å². The zero-order valence-corrected chi connectivity index (χ0v) is 14.0. The van der Waals surface area contributed by atoms with Crippen LogP contribution in [0.2, 0.25) is 0 Å². The van der Waals surface area contributed by atoms with E-state index in [4.69, 9.17) is 0 Å². The molecule has 1 unspecified atom stereocenters. The number of benzene rings is 1. The first-order valence-corrected chi connectivity index (χ1v) is 8.64. The molecule has 26 heavy (non-hydrogen) atoms. The molecule has 128 valence electrons. The van der Waals surface area contributed by atoms with Crippen LogP contribution in [0.4, 0.5) is 0 Å². The molecule has 0 saturated heterocycles. The van der Waals surface area contributed by atoms with Crippen LogP contribution in [0.3, 0.4) is 0 Å². The van der Waals surface area contributed by atoms with E-state index in [0.29, 0.717) is 18.1 Å². The van der Waals surface area contributed by atoms with Gasteiger partial charge < -0.3 is 14.7 Å². The van der Waals surface area contributed by atoms with Gasteiger partial charge in [-0.05, 0) is 24.1 Å². The Hall–Kier alpha value is -3.41. The number of aromatic nitrogens is 4. The Bertz CT molecular complexity index is 1060. The average Bonchev–Trinajstić information content (AvgIpc) is 3.26. The number of rotatable bonds is 2. The predicted molar refractivity (Wildman–Crippen MR) is 98.0 cm³/mol. The molecule has 2 N–H and O–H groups in total. The van der Waals surface area contributed by atoms with E-state index in [2.05, 4.69) is 32.4 Å². The van der Waals surface area contributed by atoms with E-state index in [-0.39, 0.29) is 11.8 Å². The normalized spacial score (nSPS) is 16.9. The molecule has 0 saturated carbocycles. The highest BCUT2D eigenvalue weighted by molar-refractivity contribution is 5.94. The van der Waals surface area contributed by atoms with Gasteiger partial charge in [0.15, 0.2) is 5.82 Å². The number of amides is 1. The maximum absolute atomic E-state index is 12.5. The number of carbonyl (C=O) groups is 1. The Labute approximate surface area is 149 Å². The fourth-order valence-electron chi connectivity index (χ4n) is 3.49. The highest BCUT2D eigenvalue weighted by atomic mass is 16.1. The second-order valence-corrected chi connectivity index (χ2v) is 6.53. The molecular weight excluding hydrogens is 326 g/mol. The zero-order valence-electron chi connectivity index (χ0n) is 14.0. The first-order valence-electron chi connectivity index (χ1n) is 8.64. The van der Waals surface area contributed by atoms with Crippen LogP contribution in [0.1, 0.15) is 27.7 Å². The number of H-pyrrole nitrogens is 1. The first-order chi connectivity index (χ1) is 12.8. The van der Waals surface area contributed by atoms with Gasteiger partial charge >= 0.3 is 0 Å². The maximum Gasteiger partial charge on any atom is 0.271 e. The van der Waals surface area contributed by atoms with Crippen molar-refractivity contribution in [1.82, 2.24) is 24.7 Å². The van der Waals surface area contributed by atoms with E-state index in [1.54, 1.807) is 0 Å². The Kier molecular flexibility index (Phi) is 3.35. The maximum atomic E-state index is 12.5. The van der Waals surface area contributed by atoms with E-state index in [1.165, 1.54) is 5.56 Å². The third-order valence-corrected chi connectivity index (χ3v) is 4.83. The number of pyridine rings is 1. The fraction of sp³-hybridized carbons (Fsp3) is 0.150. The number of hydrogen-bond acceptors (Lipinski definition) is 3. The standard InChI is InChI=1S/C20H17N5O/c26-20-18-15(10-14(11-21-20)13-6-2-1-3-7-13)23-19(24-18)16-12-25-9-5-4-8-17(25)22-16/h1-9,12,14H,10-11H2,(H,21,26)(H,23,24). The summed E-state index contributed by atoms with van der Waals surface area (Å²) in [6, 6.07) is 16.1. The van der Waals surface area contributed by atoms with Crippen molar-refractivity contribution in [2.24, 2.45) is 0 Å². The first kappa shape index (κ1) is 14.9. The van der Waals surface area contributed by atoms with Gasteiger partial charge in [-0.2, -0.15) is 0 Å². The molecule has 0 spiro atoms. The number of carbonyl (C=O) groups excluding carboxylic acids is 1. The highest BCUT2D eigenvalue weighted by Crippen LogP contribution is 2.26. The lowest BCUT2D eigenvalue weighted by atomic mass is 9.94. The summed E-state index contributed by atoms with van der Waals surface area (Å²) in [5.74, 6) is 0.711. The smallest absolute Gasteiger partial charge is 0.271 e. The molecular formula is C20H17N5O. The topological polar surface area (TPSA) is 75.1 Å². The molecule has 6 nitrogen and oxygen atoms in total. The molecule has 0 aliphatic carbocycles. The van der Waals surface area contributed by atoms with Gasteiger partial charge in [0.05, 0.1) is 0 Å². The summed E-state index contributed by atoms with van der Waals surface area (Å²) in [7, 11) is 0. The van der Waals surface area contributed by atoms with Crippen LogP contribution in [0.5, 0.6) is 0 Å². The Morgan fingerprint density at radius 2 is 1.88 bits per heavy atom. The molecule has 1 atom stereocenters. The summed E-state index contributed by atoms with van der Waals surface area (Å²) in [6.07, 6.45) is 4.59. The van der Waals surface area contributed by atoms with Crippen LogP contribution in [0.25, 0.3) is 17.2 Å². The van der Waals surface area contributed by atoms with Crippen molar-refractivity contribution in [3.05, 3.63) is 77.9 Å². The van der Waals surface area contributed by atoms with Gasteiger partial charge in [-0.15, -0.1) is 0 Å². The minimum atomic E-state index is -0.135. The molecule has 1 amide bonds. The van der Waals surface area contributed by atoms with Crippen LogP contribution < -0.4 is 5.32 Å². The molecule has 4 aromatic rings. The third kappa shape index (κ3) is 2.47. The number of nitrogens with one attached hydrogen (secondary N) is 2. The van der Waals surface area contributed by atoms with Crippen molar-refractivity contribution in [3.8, 4) is 11.5 Å². The van der Waals surface area contributed by atoms with Crippen LogP contribution in [0, 0.1) is 0 Å². The molecule has 0 fully saturated rings. The summed E-state index contributed by atoms with van der Waals surface area (Å²) >= 11 is 0. The lowest BCUT2D eigenvalue weighted by Crippen LogP contribution is -2.26. The molecule has 4 heterocycles. The molecule has 1 aliphatic rings. The molecule has 6 heteroatoms. The average molecular weight is 343 g/mol. The Morgan fingerprint density at radius 3 is 2.73 bits per heavy atom. The van der Waals surface area contributed by atoms with Crippen molar-refractivity contribution in [2.45, 2.75) is 12.3 Å². The number of hydrogen-bond donors (Lipinski definition) is 2. The minimum absolute atomic E-state index is 0.135. The number of nitrogens with zero attached hydrogens (tertiary/aromatic N) is 3. The van der Waals surface area contributed by atoms with Gasteiger partial charge in [-0.25, -0.2) is 9.97 Å². The predicted octanol–water partition coefficient (Wildman–Crippen LogP) is 2.79. The largest absolute Gasteiger partial charge is 0.350 e. The van der Waals surface area contributed by atoms with Gasteiger partial charge in [0.25, 0.3) is 5.91 Å². The lowest BCUT2D eigenvalue weighted by molar-refractivity contribution is 0.0950. The number of imidazole rings is 2. The second-order valence-electron chi connectivity index (χ2n) is 6.53. The summed E-state index contributed by atoms with van der Waals surface area (Å²) in [5, 5.41) is 2.99. The fourth-order valence-corrected chi connectivity index (χ4v) is 3.49. The Balaban J connectivity index is 1.54. The van der Waals surface area contributed by atoms with Crippen molar-refractivity contribution in [2.75, 3.05) is 6.54 Å². The van der Waals surface area contributed by atoms with E-state index in [9.17, 15) is 4.79 Å². The molecule has 0 radical (unpaired) electrons. The molecule has 1 aromatic carbocycles. The Morgan fingerprint density at radius 1 is 1.04 bits per heavy atom. The van der Waals surface area contributed by atoms with Crippen LogP contribution in [-0.2, 0) is 6.42 Å². The minimum Gasteiger partial charge on any atom is -0.350 e. The van der Waals surface area contributed by atoms with Crippen molar-refractivity contribution >= 4 is 11.6 Å². The second kappa shape index (κ2) is 5.84. The van der Waals surface area contributed by atoms with Crippen molar-refractivity contribution in [1.29, 1.82) is 0 Å². The summed E-state index contributed by atoms with van der Waals surface area (Å²) < 4.78 is 1.94. The van der Waals surface area contributed by atoms with Gasteiger partial charge in [-0.3, -0.25) is 4.79 Å². The van der Waals surface area contributed by atoms with Gasteiger partial charge in [0.2, 0.25) is 0 Å². The molecule has 0 bridgehead atoms. The van der Waals surface area contributed by atoms with Crippen molar-refractivity contribution < 1.29 is 4.79 Å². The number of aromatic amines is 1. The van der Waals surface area contributed by atoms with Crippen LogP contribution >= 0.6 is 0 Å². The van der Waals surface area contributed by atoms with E-state index < -0.39 is 0 Å². The van der Waals surface area contributed by atoms with Gasteiger partial charge in [-0.1, -0.05) is 36.4 Å². The summed E-state index contributed by atoms with van der Waals surface area (Å²) in [5.41, 5.74) is 4.12. The third-order valence-electron chi connectivity index (χ3n) is 4.83. The van der Waals surface area contributed by atoms with Crippen LogP contribution in [0.15, 0.2) is 60.9 Å². The van der Waals surface area contributed by atoms with Gasteiger partial charge in [0.1, 0.15) is 17.0 Å². The SMILES string of the molecule is O=C1NCC(c2ccccc2)Cc2[nH]c(-c3cn4ccccc4n3)nc21. The summed E-state index contributed by atoms with van der Waals surface area (Å²) in [4.78, 5) is 24.9. The molecule has 3 aromatic heterocycles.